The zero-order chi connectivity index (χ0) is 14.7. The number of aromatic nitrogens is 4. The molecule has 21 heavy (non-hydrogen) atoms. The SMILES string of the molecule is Cc1cc(Nc2nncc(Nc3ccccc3Cl)n2)no1. The molecule has 0 aliphatic heterocycles. The van der Waals surface area contributed by atoms with E-state index in [4.69, 9.17) is 16.1 Å². The van der Waals surface area contributed by atoms with Gasteiger partial charge in [-0.25, -0.2) is 0 Å². The van der Waals surface area contributed by atoms with Gasteiger partial charge in [-0.1, -0.05) is 28.9 Å². The Labute approximate surface area is 125 Å². The predicted molar refractivity (Wildman–Crippen MR) is 79.1 cm³/mol. The van der Waals surface area contributed by atoms with Gasteiger partial charge in [0, 0.05) is 6.07 Å². The second-order valence-electron chi connectivity index (χ2n) is 4.22. The largest absolute Gasteiger partial charge is 0.360 e. The Balaban J connectivity index is 1.78. The van der Waals surface area contributed by atoms with Crippen molar-refractivity contribution >= 4 is 34.9 Å². The van der Waals surface area contributed by atoms with Crippen LogP contribution in [0.15, 0.2) is 41.1 Å². The average molecular weight is 303 g/mol. The molecule has 7 nitrogen and oxygen atoms in total. The van der Waals surface area contributed by atoms with Crippen molar-refractivity contribution in [2.75, 3.05) is 10.6 Å². The van der Waals surface area contributed by atoms with Gasteiger partial charge in [0.2, 0.25) is 5.95 Å². The first-order valence-corrected chi connectivity index (χ1v) is 6.50. The van der Waals surface area contributed by atoms with E-state index in [-0.39, 0.29) is 0 Å². The van der Waals surface area contributed by atoms with Crippen LogP contribution in [0, 0.1) is 6.92 Å². The monoisotopic (exact) mass is 302 g/mol. The number of para-hydroxylation sites is 1. The predicted octanol–water partition coefficient (Wildman–Crippen LogP) is 3.31. The Kier molecular flexibility index (Phi) is 3.65. The molecule has 2 N–H and O–H groups in total. The van der Waals surface area contributed by atoms with Crippen LogP contribution < -0.4 is 10.6 Å². The topological polar surface area (TPSA) is 88.8 Å². The van der Waals surface area contributed by atoms with Crippen molar-refractivity contribution in [2.45, 2.75) is 6.92 Å². The van der Waals surface area contributed by atoms with Crippen LogP contribution in [0.25, 0.3) is 0 Å². The van der Waals surface area contributed by atoms with Gasteiger partial charge in [-0.3, -0.25) is 0 Å². The van der Waals surface area contributed by atoms with Crippen LogP contribution in [0.2, 0.25) is 5.02 Å². The molecule has 0 spiro atoms. The van der Waals surface area contributed by atoms with Gasteiger partial charge in [-0.2, -0.15) is 10.1 Å². The number of nitrogens with one attached hydrogen (secondary N) is 2. The molecule has 0 radical (unpaired) electrons. The smallest absolute Gasteiger partial charge is 0.250 e. The number of benzene rings is 1. The molecule has 0 bridgehead atoms. The molecule has 2 heterocycles. The minimum Gasteiger partial charge on any atom is -0.360 e. The zero-order valence-electron chi connectivity index (χ0n) is 11.0. The summed E-state index contributed by atoms with van der Waals surface area (Å²) in [6.07, 6.45) is 1.50. The Morgan fingerprint density at radius 1 is 1.14 bits per heavy atom. The van der Waals surface area contributed by atoms with E-state index >= 15 is 0 Å². The van der Waals surface area contributed by atoms with Gasteiger partial charge in [0.25, 0.3) is 0 Å². The van der Waals surface area contributed by atoms with E-state index in [1.807, 2.05) is 18.2 Å². The lowest BCUT2D eigenvalue weighted by molar-refractivity contribution is 0.400. The van der Waals surface area contributed by atoms with Crippen molar-refractivity contribution in [1.82, 2.24) is 20.3 Å². The number of hydrogen-bond acceptors (Lipinski definition) is 7. The highest BCUT2D eigenvalue weighted by molar-refractivity contribution is 6.33. The Bertz CT molecular complexity index is 760. The van der Waals surface area contributed by atoms with Crippen LogP contribution in [-0.2, 0) is 0 Å². The third-order valence-corrected chi connectivity index (χ3v) is 2.89. The lowest BCUT2D eigenvalue weighted by atomic mass is 10.3. The van der Waals surface area contributed by atoms with Gasteiger partial charge >= 0.3 is 0 Å². The molecule has 2 aromatic heterocycles. The first-order valence-electron chi connectivity index (χ1n) is 6.12. The van der Waals surface area contributed by atoms with Crippen LogP contribution >= 0.6 is 11.6 Å². The molecule has 0 unspecified atom stereocenters. The summed E-state index contributed by atoms with van der Waals surface area (Å²) in [6, 6.07) is 9.09. The van der Waals surface area contributed by atoms with Gasteiger partial charge in [0.1, 0.15) is 5.76 Å². The molecule has 8 heteroatoms. The Hall–Kier alpha value is -2.67. The molecule has 0 saturated carbocycles. The molecular formula is C13H11ClN6O. The van der Waals surface area contributed by atoms with Crippen LogP contribution in [-0.4, -0.2) is 20.3 Å². The molecule has 0 saturated heterocycles. The Morgan fingerprint density at radius 3 is 2.76 bits per heavy atom. The molecule has 106 valence electrons. The van der Waals surface area contributed by atoms with Gasteiger partial charge in [0.05, 0.1) is 16.9 Å². The number of rotatable bonds is 4. The molecule has 3 rings (SSSR count). The van der Waals surface area contributed by atoms with Crippen molar-refractivity contribution in [1.29, 1.82) is 0 Å². The van der Waals surface area contributed by atoms with Crippen molar-refractivity contribution in [3.8, 4) is 0 Å². The fourth-order valence-corrected chi connectivity index (χ4v) is 1.84. The normalized spacial score (nSPS) is 10.4. The summed E-state index contributed by atoms with van der Waals surface area (Å²) in [5.74, 6) is 2.03. The quantitative estimate of drug-likeness (QED) is 0.764. The summed E-state index contributed by atoms with van der Waals surface area (Å²) in [4.78, 5) is 4.28. The number of aryl methyl sites for hydroxylation is 1. The maximum absolute atomic E-state index is 6.08. The van der Waals surface area contributed by atoms with E-state index in [1.165, 1.54) is 6.20 Å². The van der Waals surface area contributed by atoms with E-state index < -0.39 is 0 Å². The van der Waals surface area contributed by atoms with Crippen molar-refractivity contribution < 1.29 is 4.52 Å². The van der Waals surface area contributed by atoms with E-state index in [0.29, 0.717) is 28.4 Å². The first-order chi connectivity index (χ1) is 10.2. The van der Waals surface area contributed by atoms with Crippen molar-refractivity contribution in [3.63, 3.8) is 0 Å². The molecule has 0 aliphatic rings. The Morgan fingerprint density at radius 2 is 2.00 bits per heavy atom. The fourth-order valence-electron chi connectivity index (χ4n) is 1.66. The van der Waals surface area contributed by atoms with E-state index in [1.54, 1.807) is 19.1 Å². The minimum absolute atomic E-state index is 0.306. The standard InChI is InChI=1S/C13H11ClN6O/c1-8-6-11(20-21-8)17-13-18-12(7-15-19-13)16-10-5-3-2-4-9(10)14/h2-7H,1H3,(H2,16,17,18,19,20). The number of halogens is 1. The summed E-state index contributed by atoms with van der Waals surface area (Å²) in [7, 11) is 0. The number of hydrogen-bond donors (Lipinski definition) is 2. The lowest BCUT2D eigenvalue weighted by Gasteiger charge is -2.07. The molecular weight excluding hydrogens is 292 g/mol. The molecule has 0 aliphatic carbocycles. The van der Waals surface area contributed by atoms with Crippen LogP contribution in [0.5, 0.6) is 0 Å². The molecule has 0 atom stereocenters. The molecule has 1 aromatic carbocycles. The summed E-state index contributed by atoms with van der Waals surface area (Å²) < 4.78 is 4.96. The highest BCUT2D eigenvalue weighted by atomic mass is 35.5. The van der Waals surface area contributed by atoms with Gasteiger partial charge in [0.15, 0.2) is 11.6 Å². The highest BCUT2D eigenvalue weighted by Crippen LogP contribution is 2.24. The third kappa shape index (κ3) is 3.26. The van der Waals surface area contributed by atoms with Crippen LogP contribution in [0.4, 0.5) is 23.3 Å². The van der Waals surface area contributed by atoms with E-state index in [2.05, 4.69) is 31.0 Å². The third-order valence-electron chi connectivity index (χ3n) is 2.56. The maximum Gasteiger partial charge on any atom is 0.250 e. The molecule has 3 aromatic rings. The number of nitrogens with zero attached hydrogens (tertiary/aromatic N) is 4. The summed E-state index contributed by atoms with van der Waals surface area (Å²) in [5.41, 5.74) is 0.739. The summed E-state index contributed by atoms with van der Waals surface area (Å²) in [6.45, 7) is 1.80. The van der Waals surface area contributed by atoms with Gasteiger partial charge in [-0.15, -0.1) is 5.10 Å². The van der Waals surface area contributed by atoms with Gasteiger partial charge in [-0.05, 0) is 19.1 Å². The van der Waals surface area contributed by atoms with Crippen molar-refractivity contribution in [2.24, 2.45) is 0 Å². The summed E-state index contributed by atoms with van der Waals surface area (Å²) >= 11 is 6.08. The van der Waals surface area contributed by atoms with Crippen molar-refractivity contribution in [3.05, 3.63) is 47.3 Å². The maximum atomic E-state index is 6.08. The van der Waals surface area contributed by atoms with E-state index in [9.17, 15) is 0 Å². The first kappa shape index (κ1) is 13.3. The van der Waals surface area contributed by atoms with E-state index in [0.717, 1.165) is 5.69 Å². The zero-order valence-corrected chi connectivity index (χ0v) is 11.8. The minimum atomic E-state index is 0.306. The lowest BCUT2D eigenvalue weighted by Crippen LogP contribution is -2.02. The highest BCUT2D eigenvalue weighted by Gasteiger charge is 2.06. The second kappa shape index (κ2) is 5.76. The van der Waals surface area contributed by atoms with Crippen LogP contribution in [0.3, 0.4) is 0 Å². The summed E-state index contributed by atoms with van der Waals surface area (Å²) in [5, 5.41) is 18.1. The number of anilines is 4. The average Bonchev–Trinajstić information content (AvgIpc) is 2.87. The fraction of sp³-hybridized carbons (Fsp3) is 0.0769. The second-order valence-corrected chi connectivity index (χ2v) is 4.63. The van der Waals surface area contributed by atoms with Gasteiger partial charge < -0.3 is 15.2 Å². The van der Waals surface area contributed by atoms with Crippen LogP contribution in [0.1, 0.15) is 5.76 Å². The molecule has 0 fully saturated rings. The molecule has 0 amide bonds.